The fourth-order valence-electron chi connectivity index (χ4n) is 1.52. The van der Waals surface area contributed by atoms with Crippen LogP contribution in [0.25, 0.3) is 6.08 Å². The van der Waals surface area contributed by atoms with Gasteiger partial charge in [-0.2, -0.15) is 0 Å². The molecule has 5 nitrogen and oxygen atoms in total. The van der Waals surface area contributed by atoms with Crippen molar-refractivity contribution in [2.24, 2.45) is 0 Å². The summed E-state index contributed by atoms with van der Waals surface area (Å²) in [5, 5.41) is 17.6. The van der Waals surface area contributed by atoms with Gasteiger partial charge in [0.15, 0.2) is 0 Å². The van der Waals surface area contributed by atoms with Gasteiger partial charge < -0.3 is 15.1 Å². The van der Waals surface area contributed by atoms with Gasteiger partial charge in [-0.25, -0.2) is 0 Å². The van der Waals surface area contributed by atoms with Crippen LogP contribution in [0.3, 0.4) is 0 Å². The molecule has 0 spiro atoms. The highest BCUT2D eigenvalue weighted by Gasteiger charge is 2.18. The highest BCUT2D eigenvalue weighted by atomic mass is 16.3. The summed E-state index contributed by atoms with van der Waals surface area (Å²) >= 11 is 0. The summed E-state index contributed by atoms with van der Waals surface area (Å²) in [5.74, 6) is -1.40. The summed E-state index contributed by atoms with van der Waals surface area (Å²) in [4.78, 5) is 24.5. The first-order valence-electron chi connectivity index (χ1n) is 5.97. The van der Waals surface area contributed by atoms with Gasteiger partial charge >= 0.3 is 0 Å². The van der Waals surface area contributed by atoms with E-state index in [1.165, 1.54) is 6.08 Å². The van der Waals surface area contributed by atoms with E-state index in [0.29, 0.717) is 0 Å². The van der Waals surface area contributed by atoms with Crippen molar-refractivity contribution >= 4 is 17.8 Å². The fraction of sp³-hybridized carbons (Fsp3) is 0.286. The summed E-state index contributed by atoms with van der Waals surface area (Å²) < 4.78 is 0. The number of aliphatic hydroxyl groups is 2. The summed E-state index contributed by atoms with van der Waals surface area (Å²) in [6.45, 7) is -0.433. The molecular formula is C14H17NO4. The molecule has 1 aromatic rings. The van der Waals surface area contributed by atoms with E-state index in [2.05, 4.69) is 0 Å². The first kappa shape index (κ1) is 15.1. The number of hydrogen-bond acceptors (Lipinski definition) is 4. The lowest BCUT2D eigenvalue weighted by Crippen LogP contribution is -2.39. The molecule has 1 rings (SSSR count). The molecule has 2 N–H and O–H groups in total. The Morgan fingerprint density at radius 1 is 1.05 bits per heavy atom. The van der Waals surface area contributed by atoms with Gasteiger partial charge in [-0.3, -0.25) is 9.59 Å². The summed E-state index contributed by atoms with van der Waals surface area (Å²) in [5.41, 5.74) is 0.819. The van der Waals surface area contributed by atoms with E-state index in [1.54, 1.807) is 6.08 Å². The molecule has 0 aromatic heterocycles. The van der Waals surface area contributed by atoms with Gasteiger partial charge in [0.05, 0.1) is 13.2 Å². The molecule has 0 saturated heterocycles. The van der Waals surface area contributed by atoms with E-state index in [4.69, 9.17) is 10.2 Å². The lowest BCUT2D eigenvalue weighted by atomic mass is 10.2. The Balaban J connectivity index is 2.65. The maximum Gasteiger partial charge on any atom is 0.294 e. The molecule has 5 heteroatoms. The number of carbonyl (C=O) groups excluding carboxylic acids is 2. The van der Waals surface area contributed by atoms with Gasteiger partial charge in [0, 0.05) is 13.1 Å². The minimum Gasteiger partial charge on any atom is -0.395 e. The number of hydrogen-bond donors (Lipinski definition) is 2. The first-order chi connectivity index (χ1) is 9.19. The second kappa shape index (κ2) is 8.18. The molecule has 1 aromatic carbocycles. The molecule has 102 valence electrons. The Hall–Kier alpha value is -1.98. The van der Waals surface area contributed by atoms with Crippen LogP contribution in [0.4, 0.5) is 0 Å². The molecule has 0 saturated carbocycles. The average Bonchev–Trinajstić information content (AvgIpc) is 2.45. The Kier molecular flexibility index (Phi) is 6.49. The standard InChI is InChI=1S/C14H17NO4/c16-10-8-15(9-11-17)14(19)13(18)7-6-12-4-2-1-3-5-12/h1-7,16-17H,8-11H2/b7-6+. The van der Waals surface area contributed by atoms with E-state index in [-0.39, 0.29) is 26.3 Å². The molecule has 0 aliphatic carbocycles. The minimum atomic E-state index is -0.727. The Bertz CT molecular complexity index is 436. The van der Waals surface area contributed by atoms with Gasteiger partial charge in [-0.15, -0.1) is 0 Å². The van der Waals surface area contributed by atoms with Crippen molar-refractivity contribution in [1.29, 1.82) is 0 Å². The molecule has 1 amide bonds. The van der Waals surface area contributed by atoms with Crippen LogP contribution in [0.15, 0.2) is 36.4 Å². The molecule has 0 radical (unpaired) electrons. The van der Waals surface area contributed by atoms with Gasteiger partial charge in [0.25, 0.3) is 5.91 Å². The monoisotopic (exact) mass is 263 g/mol. The van der Waals surface area contributed by atoms with E-state index in [0.717, 1.165) is 10.5 Å². The van der Waals surface area contributed by atoms with Crippen molar-refractivity contribution in [2.45, 2.75) is 0 Å². The third-order valence-electron chi connectivity index (χ3n) is 2.46. The quantitative estimate of drug-likeness (QED) is 0.539. The van der Waals surface area contributed by atoms with E-state index in [9.17, 15) is 9.59 Å². The second-order valence-electron chi connectivity index (χ2n) is 3.85. The van der Waals surface area contributed by atoms with Gasteiger partial charge in [0.2, 0.25) is 5.78 Å². The van der Waals surface area contributed by atoms with Crippen molar-refractivity contribution in [2.75, 3.05) is 26.3 Å². The molecule has 0 aliphatic heterocycles. The Labute approximate surface area is 111 Å². The van der Waals surface area contributed by atoms with Crippen LogP contribution in [-0.4, -0.2) is 53.1 Å². The zero-order valence-corrected chi connectivity index (χ0v) is 10.5. The van der Waals surface area contributed by atoms with Gasteiger partial charge in [-0.1, -0.05) is 36.4 Å². The maximum absolute atomic E-state index is 11.7. The lowest BCUT2D eigenvalue weighted by molar-refractivity contribution is -0.142. The predicted octanol–water partition coefficient (Wildman–Crippen LogP) is 0.0821. The topological polar surface area (TPSA) is 77.8 Å². The number of amides is 1. The molecule has 0 unspecified atom stereocenters. The molecule has 19 heavy (non-hydrogen) atoms. The third-order valence-corrected chi connectivity index (χ3v) is 2.46. The minimum absolute atomic E-state index is 0.0321. The average molecular weight is 263 g/mol. The van der Waals surface area contributed by atoms with Crippen LogP contribution in [0.5, 0.6) is 0 Å². The van der Waals surface area contributed by atoms with Crippen LogP contribution in [0, 0.1) is 0 Å². The lowest BCUT2D eigenvalue weighted by Gasteiger charge is -2.18. The summed E-state index contributed by atoms with van der Waals surface area (Å²) in [7, 11) is 0. The normalized spacial score (nSPS) is 10.6. The molecular weight excluding hydrogens is 246 g/mol. The van der Waals surface area contributed by atoms with E-state index < -0.39 is 11.7 Å². The van der Waals surface area contributed by atoms with Crippen LogP contribution in [0.2, 0.25) is 0 Å². The number of ketones is 1. The Morgan fingerprint density at radius 2 is 1.63 bits per heavy atom. The van der Waals surface area contributed by atoms with Crippen LogP contribution < -0.4 is 0 Å². The molecule has 0 bridgehead atoms. The number of nitrogens with zero attached hydrogens (tertiary/aromatic N) is 1. The number of aliphatic hydroxyl groups excluding tert-OH is 2. The third kappa shape index (κ3) is 5.03. The Morgan fingerprint density at radius 3 is 2.16 bits per heavy atom. The second-order valence-corrected chi connectivity index (χ2v) is 3.85. The highest BCUT2D eigenvalue weighted by Crippen LogP contribution is 2.02. The number of rotatable bonds is 7. The smallest absolute Gasteiger partial charge is 0.294 e. The molecule has 0 atom stereocenters. The van der Waals surface area contributed by atoms with Gasteiger partial charge in [-0.05, 0) is 11.6 Å². The van der Waals surface area contributed by atoms with Crippen molar-refractivity contribution < 1.29 is 19.8 Å². The zero-order valence-electron chi connectivity index (χ0n) is 10.5. The largest absolute Gasteiger partial charge is 0.395 e. The predicted molar refractivity (Wildman–Crippen MR) is 71.2 cm³/mol. The van der Waals surface area contributed by atoms with Crippen LogP contribution in [-0.2, 0) is 9.59 Å². The van der Waals surface area contributed by atoms with Crippen LogP contribution >= 0.6 is 0 Å². The fourth-order valence-corrected chi connectivity index (χ4v) is 1.52. The van der Waals surface area contributed by atoms with Crippen molar-refractivity contribution in [1.82, 2.24) is 4.90 Å². The van der Waals surface area contributed by atoms with Crippen molar-refractivity contribution in [3.63, 3.8) is 0 Å². The van der Waals surface area contributed by atoms with E-state index >= 15 is 0 Å². The summed E-state index contributed by atoms with van der Waals surface area (Å²) in [6, 6.07) is 9.14. The molecule has 0 aliphatic rings. The number of benzene rings is 1. The van der Waals surface area contributed by atoms with Crippen molar-refractivity contribution in [3.8, 4) is 0 Å². The maximum atomic E-state index is 11.7. The van der Waals surface area contributed by atoms with Crippen LogP contribution in [0.1, 0.15) is 5.56 Å². The molecule has 0 fully saturated rings. The first-order valence-corrected chi connectivity index (χ1v) is 5.97. The zero-order chi connectivity index (χ0) is 14.1. The SMILES string of the molecule is O=C(/C=C/c1ccccc1)C(=O)N(CCO)CCO. The molecule has 0 heterocycles. The highest BCUT2D eigenvalue weighted by molar-refractivity contribution is 6.41. The van der Waals surface area contributed by atoms with Gasteiger partial charge in [0.1, 0.15) is 0 Å². The number of carbonyl (C=O) groups is 2. The van der Waals surface area contributed by atoms with Crippen molar-refractivity contribution in [3.05, 3.63) is 42.0 Å². The summed E-state index contributed by atoms with van der Waals surface area (Å²) in [6.07, 6.45) is 2.75. The van der Waals surface area contributed by atoms with E-state index in [1.807, 2.05) is 30.3 Å².